The molecule has 1 N–H and O–H groups in total. The maximum absolute atomic E-state index is 3.13. The van der Waals surface area contributed by atoms with Gasteiger partial charge in [0.05, 0.1) is 6.04 Å². The van der Waals surface area contributed by atoms with Crippen molar-refractivity contribution < 1.29 is 0 Å². The number of hydrogen-bond acceptors (Lipinski definition) is 1. The first-order valence-corrected chi connectivity index (χ1v) is 3.86. The van der Waals surface area contributed by atoms with Crippen LogP contribution in [0.15, 0.2) is 24.3 Å². The van der Waals surface area contributed by atoms with E-state index < -0.39 is 0 Å². The molecular formula is C10H13N. The highest BCUT2D eigenvalue weighted by molar-refractivity contribution is 5.24. The van der Waals surface area contributed by atoms with Gasteiger partial charge in [-0.25, -0.2) is 0 Å². The van der Waals surface area contributed by atoms with Crippen LogP contribution in [-0.2, 0) is 0 Å². The number of allylic oxidation sites excluding steroid dienone is 3. The van der Waals surface area contributed by atoms with Crippen LogP contribution in [0.2, 0.25) is 0 Å². The van der Waals surface area contributed by atoms with Gasteiger partial charge in [-0.05, 0) is 14.0 Å². The molecule has 1 nitrogen and oxygen atoms in total. The molecule has 0 aromatic carbocycles. The van der Waals surface area contributed by atoms with Crippen LogP contribution in [0.25, 0.3) is 0 Å². The van der Waals surface area contributed by atoms with Crippen molar-refractivity contribution in [2.24, 2.45) is 5.92 Å². The summed E-state index contributed by atoms with van der Waals surface area (Å²) in [6.45, 7) is 2.09. The summed E-state index contributed by atoms with van der Waals surface area (Å²) in [4.78, 5) is 0. The lowest BCUT2D eigenvalue weighted by Gasteiger charge is -2.04. The molecule has 0 saturated heterocycles. The van der Waals surface area contributed by atoms with E-state index in [0.29, 0.717) is 5.92 Å². The Morgan fingerprint density at radius 1 is 1.18 bits per heavy atom. The van der Waals surface area contributed by atoms with Gasteiger partial charge in [0.1, 0.15) is 0 Å². The molecule has 0 amide bonds. The Morgan fingerprint density at radius 3 is 2.64 bits per heavy atom. The summed E-state index contributed by atoms with van der Waals surface area (Å²) in [5, 5.41) is 3.10. The Morgan fingerprint density at radius 2 is 1.91 bits per heavy atom. The monoisotopic (exact) mass is 147 g/mol. The van der Waals surface area contributed by atoms with E-state index in [2.05, 4.69) is 36.2 Å². The molecule has 1 aliphatic rings. The van der Waals surface area contributed by atoms with Crippen molar-refractivity contribution in [3.05, 3.63) is 24.3 Å². The first-order chi connectivity index (χ1) is 5.33. The zero-order chi connectivity index (χ0) is 8.10. The Kier molecular flexibility index (Phi) is 2.95. The molecule has 0 aromatic rings. The summed E-state index contributed by atoms with van der Waals surface area (Å²) in [5.41, 5.74) is 0. The normalized spacial score (nSPS) is 34.4. The molecule has 0 fully saturated rings. The molecule has 0 saturated carbocycles. The van der Waals surface area contributed by atoms with Crippen LogP contribution < -0.4 is 5.32 Å². The Balaban J connectivity index is 2.73. The molecule has 1 heteroatoms. The van der Waals surface area contributed by atoms with Gasteiger partial charge in [0.15, 0.2) is 0 Å². The minimum absolute atomic E-state index is 0.211. The van der Waals surface area contributed by atoms with E-state index in [1.807, 2.05) is 19.2 Å². The van der Waals surface area contributed by atoms with Gasteiger partial charge in [-0.2, -0.15) is 0 Å². The average molecular weight is 147 g/mol. The van der Waals surface area contributed by atoms with Crippen molar-refractivity contribution in [3.8, 4) is 11.8 Å². The summed E-state index contributed by atoms with van der Waals surface area (Å²) in [5.74, 6) is 6.63. The third kappa shape index (κ3) is 2.61. The van der Waals surface area contributed by atoms with E-state index in [0.717, 1.165) is 0 Å². The lowest BCUT2D eigenvalue weighted by molar-refractivity contribution is 0.806. The molecule has 0 spiro atoms. The number of hydrogen-bond donors (Lipinski definition) is 1. The number of rotatable bonds is 1. The first-order valence-electron chi connectivity index (χ1n) is 3.86. The molecule has 11 heavy (non-hydrogen) atoms. The lowest BCUT2D eigenvalue weighted by atomic mass is 10.1. The van der Waals surface area contributed by atoms with Crippen molar-refractivity contribution >= 4 is 0 Å². The predicted molar refractivity (Wildman–Crippen MR) is 48.1 cm³/mol. The van der Waals surface area contributed by atoms with Crippen LogP contribution in [-0.4, -0.2) is 13.1 Å². The first kappa shape index (κ1) is 8.10. The molecule has 0 radical (unpaired) electrons. The van der Waals surface area contributed by atoms with Gasteiger partial charge in [-0.15, -0.1) is 0 Å². The largest absolute Gasteiger partial charge is 0.304 e. The fraction of sp³-hybridized carbons (Fsp3) is 0.400. The SMILES string of the molecule is CNC1C#CC(C)/C=C\C=C/1. The van der Waals surface area contributed by atoms with Crippen LogP contribution in [0.5, 0.6) is 0 Å². The second-order valence-electron chi connectivity index (χ2n) is 2.61. The second kappa shape index (κ2) is 4.00. The molecule has 2 atom stereocenters. The van der Waals surface area contributed by atoms with Gasteiger partial charge >= 0.3 is 0 Å². The van der Waals surface area contributed by atoms with E-state index in [1.165, 1.54) is 0 Å². The molecule has 2 unspecified atom stereocenters. The van der Waals surface area contributed by atoms with E-state index in [9.17, 15) is 0 Å². The van der Waals surface area contributed by atoms with E-state index >= 15 is 0 Å². The molecule has 0 heterocycles. The van der Waals surface area contributed by atoms with Crippen LogP contribution >= 0.6 is 0 Å². The summed E-state index contributed by atoms with van der Waals surface area (Å²) in [7, 11) is 1.92. The van der Waals surface area contributed by atoms with Crippen LogP contribution in [0.4, 0.5) is 0 Å². The van der Waals surface area contributed by atoms with Crippen molar-refractivity contribution in [2.45, 2.75) is 13.0 Å². The molecule has 1 rings (SSSR count). The molecule has 0 aromatic heterocycles. The highest BCUT2D eigenvalue weighted by Gasteiger charge is 1.96. The quantitative estimate of drug-likeness (QED) is 0.552. The van der Waals surface area contributed by atoms with Gasteiger partial charge in [0.2, 0.25) is 0 Å². The van der Waals surface area contributed by atoms with Crippen molar-refractivity contribution in [2.75, 3.05) is 7.05 Å². The molecule has 0 aliphatic heterocycles. The highest BCUT2D eigenvalue weighted by atomic mass is 14.8. The van der Waals surface area contributed by atoms with Crippen LogP contribution in [0, 0.1) is 17.8 Å². The molecular weight excluding hydrogens is 134 g/mol. The van der Waals surface area contributed by atoms with Gasteiger partial charge in [-0.3, -0.25) is 0 Å². The average Bonchev–Trinajstić information content (AvgIpc) is 1.98. The number of likely N-dealkylation sites (N-methyl/N-ethyl adjacent to an activating group) is 1. The summed E-state index contributed by atoms with van der Waals surface area (Å²) in [6.07, 6.45) is 8.22. The maximum atomic E-state index is 3.13. The third-order valence-electron chi connectivity index (χ3n) is 1.59. The summed E-state index contributed by atoms with van der Waals surface area (Å²) >= 11 is 0. The summed E-state index contributed by atoms with van der Waals surface area (Å²) in [6, 6.07) is 0.211. The Hall–Kier alpha value is -1.00. The maximum Gasteiger partial charge on any atom is 0.0876 e. The van der Waals surface area contributed by atoms with Crippen LogP contribution in [0.1, 0.15) is 6.92 Å². The smallest absolute Gasteiger partial charge is 0.0876 e. The fourth-order valence-electron chi connectivity index (χ4n) is 0.892. The predicted octanol–water partition coefficient (Wildman–Crippen LogP) is 1.34. The van der Waals surface area contributed by atoms with E-state index in [-0.39, 0.29) is 6.04 Å². The fourth-order valence-corrected chi connectivity index (χ4v) is 0.892. The lowest BCUT2D eigenvalue weighted by Crippen LogP contribution is -2.20. The second-order valence-corrected chi connectivity index (χ2v) is 2.61. The van der Waals surface area contributed by atoms with E-state index in [4.69, 9.17) is 0 Å². The van der Waals surface area contributed by atoms with Gasteiger partial charge < -0.3 is 5.32 Å². The molecule has 0 bridgehead atoms. The number of nitrogens with one attached hydrogen (secondary N) is 1. The highest BCUT2D eigenvalue weighted by Crippen LogP contribution is 1.98. The third-order valence-corrected chi connectivity index (χ3v) is 1.59. The topological polar surface area (TPSA) is 12.0 Å². The Labute approximate surface area is 68.2 Å². The van der Waals surface area contributed by atoms with Crippen molar-refractivity contribution in [1.82, 2.24) is 5.32 Å². The molecule has 1 aliphatic carbocycles. The van der Waals surface area contributed by atoms with Gasteiger partial charge in [0, 0.05) is 5.92 Å². The van der Waals surface area contributed by atoms with Gasteiger partial charge in [0.25, 0.3) is 0 Å². The van der Waals surface area contributed by atoms with E-state index in [1.54, 1.807) is 0 Å². The zero-order valence-corrected chi connectivity index (χ0v) is 6.96. The Bertz CT molecular complexity index is 227. The summed E-state index contributed by atoms with van der Waals surface area (Å²) < 4.78 is 0. The minimum Gasteiger partial charge on any atom is -0.304 e. The molecule has 58 valence electrons. The van der Waals surface area contributed by atoms with Crippen molar-refractivity contribution in [1.29, 1.82) is 0 Å². The van der Waals surface area contributed by atoms with Crippen LogP contribution in [0.3, 0.4) is 0 Å². The minimum atomic E-state index is 0.211. The zero-order valence-electron chi connectivity index (χ0n) is 6.96. The van der Waals surface area contributed by atoms with Gasteiger partial charge in [-0.1, -0.05) is 36.1 Å². The van der Waals surface area contributed by atoms with Crippen molar-refractivity contribution in [3.63, 3.8) is 0 Å². The standard InChI is InChI=1S/C10H13N/c1-9-5-3-4-6-10(11-2)8-7-9/h3-6,9-11H,1-2H3/b5-3-,6-4-.